The van der Waals surface area contributed by atoms with Crippen molar-refractivity contribution in [3.63, 3.8) is 0 Å². The normalized spacial score (nSPS) is 19.0. The van der Waals surface area contributed by atoms with Crippen molar-refractivity contribution in [1.29, 1.82) is 0 Å². The highest BCUT2D eigenvalue weighted by molar-refractivity contribution is 5.53. The minimum atomic E-state index is -0.364. The fourth-order valence-corrected chi connectivity index (χ4v) is 5.18. The van der Waals surface area contributed by atoms with Gasteiger partial charge in [-0.15, -0.1) is 5.10 Å². The van der Waals surface area contributed by atoms with Gasteiger partial charge in [0.15, 0.2) is 5.76 Å². The number of hydrogen-bond acceptors (Lipinski definition) is 11. The highest BCUT2D eigenvalue weighted by Gasteiger charge is 2.27. The molecule has 13 nitrogen and oxygen atoms in total. The van der Waals surface area contributed by atoms with Crippen molar-refractivity contribution in [2.75, 3.05) is 61.3 Å². The SMILES string of the molecule is Nc1nc(N2CCCC(CN3CCN(c4ccc([N+](=O)[O-])cc4)CC3)C2)nc2nc(-c3ccco3)nn12. The molecule has 13 heteroatoms. The lowest BCUT2D eigenvalue weighted by Crippen LogP contribution is -2.49. The number of aromatic nitrogens is 5. The number of hydrogen-bond donors (Lipinski definition) is 1. The molecular formula is C24H28N10O3. The van der Waals surface area contributed by atoms with Gasteiger partial charge in [0, 0.05) is 63.6 Å². The lowest BCUT2D eigenvalue weighted by atomic mass is 9.97. The summed E-state index contributed by atoms with van der Waals surface area (Å²) in [4.78, 5) is 31.2. The van der Waals surface area contributed by atoms with E-state index in [0.29, 0.717) is 29.2 Å². The van der Waals surface area contributed by atoms with Crippen LogP contribution in [0.25, 0.3) is 17.4 Å². The first-order valence-electron chi connectivity index (χ1n) is 12.4. The molecule has 192 valence electrons. The lowest BCUT2D eigenvalue weighted by molar-refractivity contribution is -0.384. The maximum atomic E-state index is 10.9. The van der Waals surface area contributed by atoms with E-state index in [0.717, 1.165) is 64.3 Å². The van der Waals surface area contributed by atoms with Gasteiger partial charge in [-0.2, -0.15) is 19.5 Å². The van der Waals surface area contributed by atoms with E-state index in [9.17, 15) is 10.1 Å². The molecule has 3 aromatic heterocycles. The lowest BCUT2D eigenvalue weighted by Gasteiger charge is -2.40. The zero-order valence-electron chi connectivity index (χ0n) is 20.3. The van der Waals surface area contributed by atoms with Crippen LogP contribution in [0.5, 0.6) is 0 Å². The Morgan fingerprint density at radius 3 is 2.57 bits per heavy atom. The zero-order chi connectivity index (χ0) is 25.4. The van der Waals surface area contributed by atoms with Crippen molar-refractivity contribution in [2.45, 2.75) is 12.8 Å². The number of nitrogens with two attached hydrogens (primary N) is 1. The highest BCUT2D eigenvalue weighted by Crippen LogP contribution is 2.25. The number of nitrogens with zero attached hydrogens (tertiary/aromatic N) is 9. The average molecular weight is 505 g/mol. The van der Waals surface area contributed by atoms with Crippen LogP contribution in [0.3, 0.4) is 0 Å². The quantitative estimate of drug-likeness (QED) is 0.304. The van der Waals surface area contributed by atoms with E-state index in [1.807, 2.05) is 12.1 Å². The molecule has 37 heavy (non-hydrogen) atoms. The predicted octanol–water partition coefficient (Wildman–Crippen LogP) is 2.31. The van der Waals surface area contributed by atoms with Crippen molar-refractivity contribution >= 4 is 29.0 Å². The molecule has 2 aliphatic heterocycles. The second-order valence-corrected chi connectivity index (χ2v) is 9.52. The molecule has 0 aliphatic carbocycles. The van der Waals surface area contributed by atoms with E-state index in [-0.39, 0.29) is 16.6 Å². The molecule has 2 N–H and O–H groups in total. The van der Waals surface area contributed by atoms with E-state index < -0.39 is 0 Å². The maximum absolute atomic E-state index is 10.9. The number of anilines is 3. The Kier molecular flexibility index (Phi) is 6.04. The van der Waals surface area contributed by atoms with Crippen LogP contribution in [0.4, 0.5) is 23.3 Å². The van der Waals surface area contributed by atoms with Crippen molar-refractivity contribution in [2.24, 2.45) is 5.92 Å². The molecule has 1 atom stereocenters. The number of non-ortho nitro benzene ring substituents is 1. The van der Waals surface area contributed by atoms with Crippen molar-refractivity contribution in [1.82, 2.24) is 29.5 Å². The Morgan fingerprint density at radius 2 is 1.84 bits per heavy atom. The predicted molar refractivity (Wildman–Crippen MR) is 137 cm³/mol. The van der Waals surface area contributed by atoms with Gasteiger partial charge in [0.25, 0.3) is 11.5 Å². The van der Waals surface area contributed by atoms with E-state index in [4.69, 9.17) is 10.2 Å². The third-order valence-corrected chi connectivity index (χ3v) is 7.08. The van der Waals surface area contributed by atoms with Crippen LogP contribution < -0.4 is 15.5 Å². The summed E-state index contributed by atoms with van der Waals surface area (Å²) in [5.74, 6) is 2.70. The minimum absolute atomic E-state index is 0.121. The van der Waals surface area contributed by atoms with Gasteiger partial charge in [-0.3, -0.25) is 15.0 Å². The summed E-state index contributed by atoms with van der Waals surface area (Å²) in [6, 6.07) is 10.4. The van der Waals surface area contributed by atoms with E-state index in [1.54, 1.807) is 30.5 Å². The first kappa shape index (κ1) is 23.2. The summed E-state index contributed by atoms with van der Waals surface area (Å²) in [6.45, 7) is 6.45. The standard InChI is InChI=1S/C24H28N10O3/c25-22-27-23(28-24-26-21(29-33(22)24)20-4-2-14-37-20)32-9-1-3-17(16-32)15-30-10-12-31(13-11-30)18-5-7-19(8-6-18)34(35)36/h2,4-8,14,17H,1,3,9-13,15-16H2,(H2,25,26,27,28,29). The number of piperidine rings is 1. The molecule has 5 heterocycles. The van der Waals surface area contributed by atoms with Crippen LogP contribution in [0.15, 0.2) is 47.1 Å². The molecular weight excluding hydrogens is 476 g/mol. The summed E-state index contributed by atoms with van der Waals surface area (Å²) in [6.07, 6.45) is 3.79. The number of fused-ring (bicyclic) bond motifs is 1. The Balaban J connectivity index is 1.08. The van der Waals surface area contributed by atoms with Crippen LogP contribution in [0.1, 0.15) is 12.8 Å². The average Bonchev–Trinajstić information content (AvgIpc) is 3.60. The molecule has 1 unspecified atom stereocenters. The van der Waals surface area contributed by atoms with Crippen LogP contribution in [-0.2, 0) is 0 Å². The Morgan fingerprint density at radius 1 is 1.03 bits per heavy atom. The van der Waals surface area contributed by atoms with Crippen molar-refractivity contribution in [3.8, 4) is 11.6 Å². The monoisotopic (exact) mass is 504 g/mol. The second-order valence-electron chi connectivity index (χ2n) is 9.52. The van der Waals surface area contributed by atoms with Crippen molar-refractivity contribution in [3.05, 3.63) is 52.8 Å². The van der Waals surface area contributed by atoms with Crippen molar-refractivity contribution < 1.29 is 9.34 Å². The van der Waals surface area contributed by atoms with Gasteiger partial charge in [-0.05, 0) is 43.0 Å². The molecule has 2 aliphatic rings. The topological polar surface area (TPSA) is 148 Å². The van der Waals surface area contributed by atoms with Gasteiger partial charge in [0.2, 0.25) is 17.7 Å². The van der Waals surface area contributed by atoms with Gasteiger partial charge in [-0.1, -0.05) is 0 Å². The van der Waals surface area contributed by atoms with Gasteiger partial charge in [0.05, 0.1) is 11.2 Å². The van der Waals surface area contributed by atoms with Crippen LogP contribution >= 0.6 is 0 Å². The maximum Gasteiger partial charge on any atom is 0.269 e. The molecule has 1 aromatic carbocycles. The number of piperazine rings is 1. The Hall–Kier alpha value is -4.26. The summed E-state index contributed by atoms with van der Waals surface area (Å²) in [5, 5.41) is 15.3. The van der Waals surface area contributed by atoms with Crippen LogP contribution in [0, 0.1) is 16.0 Å². The Labute approximate surface area is 212 Å². The molecule has 0 spiro atoms. The highest BCUT2D eigenvalue weighted by atomic mass is 16.6. The van der Waals surface area contributed by atoms with Gasteiger partial charge < -0.3 is 20.0 Å². The molecule has 4 aromatic rings. The smallest absolute Gasteiger partial charge is 0.269 e. The molecule has 0 amide bonds. The minimum Gasteiger partial charge on any atom is -0.461 e. The summed E-state index contributed by atoms with van der Waals surface area (Å²) in [5.41, 5.74) is 7.36. The van der Waals surface area contributed by atoms with E-state index >= 15 is 0 Å². The number of nitro groups is 1. The molecule has 6 rings (SSSR count). The number of rotatable bonds is 6. The molecule has 0 radical (unpaired) electrons. The van der Waals surface area contributed by atoms with Gasteiger partial charge in [-0.25, -0.2) is 0 Å². The van der Waals surface area contributed by atoms with Gasteiger partial charge in [0.1, 0.15) is 0 Å². The van der Waals surface area contributed by atoms with E-state index in [2.05, 4.69) is 34.8 Å². The fourth-order valence-electron chi connectivity index (χ4n) is 5.18. The number of nitrogen functional groups attached to an aromatic ring is 1. The Bertz CT molecular complexity index is 1380. The van der Waals surface area contributed by atoms with E-state index in [1.165, 1.54) is 4.52 Å². The zero-order valence-corrected chi connectivity index (χ0v) is 20.3. The third kappa shape index (κ3) is 4.77. The first-order chi connectivity index (χ1) is 18.0. The first-order valence-corrected chi connectivity index (χ1v) is 12.4. The molecule has 2 saturated heterocycles. The molecule has 2 fully saturated rings. The summed E-state index contributed by atoms with van der Waals surface area (Å²) < 4.78 is 6.83. The molecule has 0 bridgehead atoms. The molecule has 0 saturated carbocycles. The number of benzene rings is 1. The van der Waals surface area contributed by atoms with Crippen LogP contribution in [0.2, 0.25) is 0 Å². The van der Waals surface area contributed by atoms with Crippen LogP contribution in [-0.4, -0.2) is 80.2 Å². The largest absolute Gasteiger partial charge is 0.461 e. The fraction of sp³-hybridized carbons (Fsp3) is 0.417. The summed E-state index contributed by atoms with van der Waals surface area (Å²) in [7, 11) is 0. The number of nitro benzene ring substituents is 1. The van der Waals surface area contributed by atoms with Gasteiger partial charge >= 0.3 is 0 Å². The third-order valence-electron chi connectivity index (χ3n) is 7.08. The number of furan rings is 1. The second kappa shape index (κ2) is 9.65. The summed E-state index contributed by atoms with van der Waals surface area (Å²) >= 11 is 0.